The largest absolute Gasteiger partial charge is 0.497 e. The number of halogens is 1. The third kappa shape index (κ3) is 5.54. The second-order valence-corrected chi connectivity index (χ2v) is 5.99. The van der Waals surface area contributed by atoms with Crippen LogP contribution in [0.4, 0.5) is 15.9 Å². The van der Waals surface area contributed by atoms with Crippen molar-refractivity contribution < 1.29 is 13.9 Å². The fraction of sp³-hybridized carbons (Fsp3) is 0.143. The number of aromatic nitrogens is 1. The Balaban J connectivity index is 1.50. The summed E-state index contributed by atoms with van der Waals surface area (Å²) >= 11 is 0. The zero-order valence-corrected chi connectivity index (χ0v) is 14.9. The molecule has 0 saturated carbocycles. The van der Waals surface area contributed by atoms with E-state index in [1.54, 1.807) is 37.6 Å². The predicted octanol–water partition coefficient (Wildman–Crippen LogP) is 4.02. The normalized spacial score (nSPS) is 10.3. The average Bonchev–Trinajstić information content (AvgIpc) is 2.69. The van der Waals surface area contributed by atoms with Gasteiger partial charge in [-0.15, -0.1) is 0 Å². The minimum absolute atomic E-state index is 0.117. The minimum Gasteiger partial charge on any atom is -0.497 e. The summed E-state index contributed by atoms with van der Waals surface area (Å²) < 4.78 is 18.0. The van der Waals surface area contributed by atoms with Crippen molar-refractivity contribution in [3.05, 3.63) is 83.8 Å². The van der Waals surface area contributed by atoms with Crippen LogP contribution in [0.25, 0.3) is 0 Å². The highest BCUT2D eigenvalue weighted by atomic mass is 19.1. The molecule has 0 fully saturated rings. The monoisotopic (exact) mass is 365 g/mol. The van der Waals surface area contributed by atoms with E-state index in [1.165, 1.54) is 12.1 Å². The first kappa shape index (κ1) is 18.4. The van der Waals surface area contributed by atoms with Crippen molar-refractivity contribution in [1.29, 1.82) is 0 Å². The van der Waals surface area contributed by atoms with Gasteiger partial charge in [-0.1, -0.05) is 24.3 Å². The van der Waals surface area contributed by atoms with E-state index in [0.717, 1.165) is 16.9 Å². The number of nitrogens with zero attached hydrogens (tertiary/aromatic N) is 1. The Hall–Kier alpha value is -3.41. The quantitative estimate of drug-likeness (QED) is 0.664. The Bertz CT molecular complexity index is 879. The van der Waals surface area contributed by atoms with Crippen LogP contribution in [-0.4, -0.2) is 18.0 Å². The number of rotatable bonds is 7. The molecular formula is C21H20FN3O2. The number of hydrogen-bond acceptors (Lipinski definition) is 4. The lowest BCUT2D eigenvalue weighted by Gasteiger charge is -2.08. The molecule has 6 heteroatoms. The first-order valence-electron chi connectivity index (χ1n) is 8.49. The fourth-order valence-corrected chi connectivity index (χ4v) is 2.50. The van der Waals surface area contributed by atoms with Crippen LogP contribution in [0.15, 0.2) is 66.9 Å². The maximum atomic E-state index is 12.9. The molecule has 5 nitrogen and oxygen atoms in total. The standard InChI is InChI=1S/C21H20FN3O2/c1-27-19-9-4-15(5-10-19)12-21(26)25-18-8-11-20(24-14-18)23-13-16-2-6-17(22)7-3-16/h2-11,14H,12-13H2,1H3,(H,23,24)(H,25,26). The van der Waals surface area contributed by atoms with Gasteiger partial charge in [-0.3, -0.25) is 4.79 Å². The molecule has 138 valence electrons. The molecule has 1 heterocycles. The molecule has 0 aliphatic heterocycles. The van der Waals surface area contributed by atoms with Crippen LogP contribution in [0.5, 0.6) is 5.75 Å². The number of carbonyl (C=O) groups is 1. The van der Waals surface area contributed by atoms with Gasteiger partial charge in [0, 0.05) is 6.54 Å². The van der Waals surface area contributed by atoms with Crippen LogP contribution in [0.2, 0.25) is 0 Å². The molecule has 3 rings (SSSR count). The Morgan fingerprint density at radius 2 is 1.70 bits per heavy atom. The van der Waals surface area contributed by atoms with Crippen LogP contribution < -0.4 is 15.4 Å². The lowest BCUT2D eigenvalue weighted by Crippen LogP contribution is -2.14. The summed E-state index contributed by atoms with van der Waals surface area (Å²) in [6.45, 7) is 0.538. The Labute approximate surface area is 157 Å². The first-order chi connectivity index (χ1) is 13.1. The van der Waals surface area contributed by atoms with Crippen molar-refractivity contribution in [3.63, 3.8) is 0 Å². The van der Waals surface area contributed by atoms with E-state index >= 15 is 0 Å². The minimum atomic E-state index is -0.258. The number of benzene rings is 2. The maximum Gasteiger partial charge on any atom is 0.228 e. The molecule has 0 aliphatic carbocycles. The Morgan fingerprint density at radius 3 is 2.33 bits per heavy atom. The molecule has 0 radical (unpaired) electrons. The molecule has 0 aliphatic rings. The fourth-order valence-electron chi connectivity index (χ4n) is 2.50. The second-order valence-electron chi connectivity index (χ2n) is 5.99. The predicted molar refractivity (Wildman–Crippen MR) is 103 cm³/mol. The number of ether oxygens (including phenoxy) is 1. The van der Waals surface area contributed by atoms with E-state index in [9.17, 15) is 9.18 Å². The number of methoxy groups -OCH3 is 1. The number of nitrogens with one attached hydrogen (secondary N) is 2. The number of carbonyl (C=O) groups excluding carboxylic acids is 1. The van der Waals surface area contributed by atoms with Gasteiger partial charge in [0.25, 0.3) is 0 Å². The lowest BCUT2D eigenvalue weighted by molar-refractivity contribution is -0.115. The summed E-state index contributed by atoms with van der Waals surface area (Å²) in [4.78, 5) is 16.4. The van der Waals surface area contributed by atoms with Crippen molar-refractivity contribution in [3.8, 4) is 5.75 Å². The third-order valence-corrected chi connectivity index (χ3v) is 3.96. The molecule has 0 saturated heterocycles. The van der Waals surface area contributed by atoms with Crippen molar-refractivity contribution in [2.24, 2.45) is 0 Å². The molecule has 0 spiro atoms. The van der Waals surface area contributed by atoms with E-state index in [-0.39, 0.29) is 18.1 Å². The second kappa shape index (κ2) is 8.80. The molecule has 27 heavy (non-hydrogen) atoms. The molecule has 0 atom stereocenters. The average molecular weight is 365 g/mol. The van der Waals surface area contributed by atoms with Gasteiger partial charge in [-0.25, -0.2) is 9.37 Å². The van der Waals surface area contributed by atoms with Gasteiger partial charge in [-0.2, -0.15) is 0 Å². The molecule has 0 unspecified atom stereocenters. The van der Waals surface area contributed by atoms with Crippen molar-refractivity contribution in [1.82, 2.24) is 4.98 Å². The molecular weight excluding hydrogens is 345 g/mol. The number of amides is 1. The first-order valence-corrected chi connectivity index (χ1v) is 8.49. The van der Waals surface area contributed by atoms with Crippen LogP contribution >= 0.6 is 0 Å². The Morgan fingerprint density at radius 1 is 1.00 bits per heavy atom. The van der Waals surface area contributed by atoms with E-state index in [1.807, 2.05) is 24.3 Å². The SMILES string of the molecule is COc1ccc(CC(=O)Nc2ccc(NCc3ccc(F)cc3)nc2)cc1. The highest BCUT2D eigenvalue weighted by molar-refractivity contribution is 5.92. The highest BCUT2D eigenvalue weighted by Gasteiger charge is 2.05. The van der Waals surface area contributed by atoms with E-state index < -0.39 is 0 Å². The van der Waals surface area contributed by atoms with Gasteiger partial charge in [0.1, 0.15) is 17.4 Å². The summed E-state index contributed by atoms with van der Waals surface area (Å²) in [7, 11) is 1.60. The zero-order chi connectivity index (χ0) is 19.1. The summed E-state index contributed by atoms with van der Waals surface area (Å²) in [6.07, 6.45) is 1.87. The lowest BCUT2D eigenvalue weighted by atomic mass is 10.1. The Kier molecular flexibility index (Phi) is 5.99. The van der Waals surface area contributed by atoms with Gasteiger partial charge < -0.3 is 15.4 Å². The smallest absolute Gasteiger partial charge is 0.228 e. The molecule has 1 amide bonds. The third-order valence-electron chi connectivity index (χ3n) is 3.96. The van der Waals surface area contributed by atoms with E-state index in [2.05, 4.69) is 15.6 Å². The summed E-state index contributed by atoms with van der Waals surface area (Å²) in [6, 6.07) is 17.2. The number of pyridine rings is 1. The van der Waals surface area contributed by atoms with Crippen molar-refractivity contribution in [2.45, 2.75) is 13.0 Å². The van der Waals surface area contributed by atoms with Crippen LogP contribution in [0, 0.1) is 5.82 Å². The molecule has 1 aromatic heterocycles. The van der Waals surface area contributed by atoms with Crippen molar-refractivity contribution in [2.75, 3.05) is 17.7 Å². The maximum absolute atomic E-state index is 12.9. The molecule has 2 N–H and O–H groups in total. The van der Waals surface area contributed by atoms with Crippen molar-refractivity contribution >= 4 is 17.4 Å². The number of anilines is 2. The van der Waals surface area contributed by atoms with E-state index in [4.69, 9.17) is 4.74 Å². The topological polar surface area (TPSA) is 63.2 Å². The van der Waals surface area contributed by atoms with Crippen LogP contribution in [-0.2, 0) is 17.8 Å². The van der Waals surface area contributed by atoms with Crippen LogP contribution in [0.3, 0.4) is 0 Å². The van der Waals surface area contributed by atoms with Crippen LogP contribution in [0.1, 0.15) is 11.1 Å². The molecule has 3 aromatic rings. The van der Waals surface area contributed by atoms with Gasteiger partial charge in [-0.05, 0) is 47.5 Å². The van der Waals surface area contributed by atoms with Gasteiger partial charge in [0.05, 0.1) is 25.4 Å². The molecule has 0 bridgehead atoms. The molecule has 2 aromatic carbocycles. The highest BCUT2D eigenvalue weighted by Crippen LogP contribution is 2.14. The summed E-state index contributed by atoms with van der Waals surface area (Å²) in [5.74, 6) is 1.06. The van der Waals surface area contributed by atoms with Gasteiger partial charge in [0.2, 0.25) is 5.91 Å². The van der Waals surface area contributed by atoms with Gasteiger partial charge in [0.15, 0.2) is 0 Å². The number of hydrogen-bond donors (Lipinski definition) is 2. The zero-order valence-electron chi connectivity index (χ0n) is 14.9. The van der Waals surface area contributed by atoms with Gasteiger partial charge >= 0.3 is 0 Å². The van der Waals surface area contributed by atoms with E-state index in [0.29, 0.717) is 18.1 Å². The summed E-state index contributed by atoms with van der Waals surface area (Å²) in [5.41, 5.74) is 2.48. The summed E-state index contributed by atoms with van der Waals surface area (Å²) in [5, 5.41) is 5.98.